The number of piperidine rings is 1. The van der Waals surface area contributed by atoms with E-state index in [-0.39, 0.29) is 0 Å². The molecule has 5 heteroatoms. The second kappa shape index (κ2) is 5.15. The molecule has 0 radical (unpaired) electrons. The fourth-order valence-electron chi connectivity index (χ4n) is 2.04. The monoisotopic (exact) mass is 258 g/mol. The molecule has 0 saturated carbocycles. The highest BCUT2D eigenvalue weighted by Crippen LogP contribution is 2.31. The predicted octanol–water partition coefficient (Wildman–Crippen LogP) is 3.24. The van der Waals surface area contributed by atoms with Crippen molar-refractivity contribution in [3.8, 4) is 0 Å². The van der Waals surface area contributed by atoms with Crippen LogP contribution < -0.4 is 4.90 Å². The topological polar surface area (TPSA) is 33.2 Å². The summed E-state index contributed by atoms with van der Waals surface area (Å²) >= 11 is 7.25. The molecule has 0 bridgehead atoms. The number of hydrogen-bond donors (Lipinski definition) is 0. The van der Waals surface area contributed by atoms with Crippen LogP contribution in [0, 0.1) is 5.92 Å². The lowest BCUT2D eigenvalue weighted by Gasteiger charge is -2.31. The minimum Gasteiger partial charge on any atom is -0.348 e. The minimum absolute atomic E-state index is 0.340. The molecule has 1 aliphatic rings. The number of carbonyl (C=O) groups is 1. The van der Waals surface area contributed by atoms with Crippen molar-refractivity contribution < 1.29 is 4.79 Å². The lowest BCUT2D eigenvalue weighted by molar-refractivity contribution is 0.112. The fraction of sp³-hybridized carbons (Fsp3) is 0.636. The number of aldehydes is 1. The summed E-state index contributed by atoms with van der Waals surface area (Å²) < 4.78 is 0. The number of anilines is 1. The Kier molecular flexibility index (Phi) is 3.82. The maximum atomic E-state index is 10.7. The second-order valence-corrected chi connectivity index (χ2v) is 5.48. The van der Waals surface area contributed by atoms with Crippen molar-refractivity contribution in [2.45, 2.75) is 26.2 Å². The van der Waals surface area contributed by atoms with Gasteiger partial charge in [0.15, 0.2) is 16.6 Å². The van der Waals surface area contributed by atoms with Gasteiger partial charge >= 0.3 is 0 Å². The normalized spacial score (nSPS) is 17.8. The Hall–Kier alpha value is -0.610. The predicted molar refractivity (Wildman–Crippen MR) is 67.7 cm³/mol. The van der Waals surface area contributed by atoms with E-state index in [9.17, 15) is 4.79 Å². The Morgan fingerprint density at radius 1 is 1.56 bits per heavy atom. The van der Waals surface area contributed by atoms with Gasteiger partial charge in [-0.2, -0.15) is 0 Å². The zero-order chi connectivity index (χ0) is 11.5. The fourth-order valence-corrected chi connectivity index (χ4v) is 3.16. The van der Waals surface area contributed by atoms with E-state index in [0.717, 1.165) is 30.4 Å². The van der Waals surface area contributed by atoms with E-state index in [1.54, 1.807) is 0 Å². The number of carbonyl (C=O) groups excluding carboxylic acids is 1. The van der Waals surface area contributed by atoms with Gasteiger partial charge in [0, 0.05) is 13.1 Å². The Morgan fingerprint density at radius 2 is 2.25 bits per heavy atom. The summed E-state index contributed by atoms with van der Waals surface area (Å²) in [6.07, 6.45) is 4.46. The van der Waals surface area contributed by atoms with Crippen molar-refractivity contribution in [2.24, 2.45) is 5.92 Å². The lowest BCUT2D eigenvalue weighted by Crippen LogP contribution is -2.33. The summed E-state index contributed by atoms with van der Waals surface area (Å²) in [5.74, 6) is 0.845. The first-order valence-electron chi connectivity index (χ1n) is 5.61. The molecule has 0 N–H and O–H groups in total. The quantitative estimate of drug-likeness (QED) is 0.781. The summed E-state index contributed by atoms with van der Waals surface area (Å²) in [4.78, 5) is 17.7. The van der Waals surface area contributed by atoms with Crippen LogP contribution in [0.4, 0.5) is 5.13 Å². The molecule has 88 valence electrons. The molecular formula is C11H15ClN2OS. The van der Waals surface area contributed by atoms with Gasteiger partial charge in [-0.1, -0.05) is 36.3 Å². The Morgan fingerprint density at radius 3 is 2.75 bits per heavy atom. The zero-order valence-electron chi connectivity index (χ0n) is 9.28. The van der Waals surface area contributed by atoms with Crippen LogP contribution in [0.2, 0.25) is 5.15 Å². The van der Waals surface area contributed by atoms with Crippen LogP contribution in [0.15, 0.2) is 0 Å². The highest BCUT2D eigenvalue weighted by atomic mass is 35.5. The van der Waals surface area contributed by atoms with Crippen molar-refractivity contribution in [2.75, 3.05) is 18.0 Å². The van der Waals surface area contributed by atoms with Crippen molar-refractivity contribution >= 4 is 34.4 Å². The van der Waals surface area contributed by atoms with Gasteiger partial charge in [0.05, 0.1) is 0 Å². The third-order valence-corrected chi connectivity index (χ3v) is 4.61. The Labute approximate surface area is 104 Å². The maximum absolute atomic E-state index is 10.7. The number of rotatable bonds is 3. The van der Waals surface area contributed by atoms with Crippen molar-refractivity contribution in [3.05, 3.63) is 10.0 Å². The molecule has 0 aromatic carbocycles. The van der Waals surface area contributed by atoms with Crippen molar-refractivity contribution in [1.29, 1.82) is 0 Å². The average Bonchev–Trinajstić information content (AvgIpc) is 2.71. The summed E-state index contributed by atoms with van der Waals surface area (Å²) in [5, 5.41) is 1.23. The van der Waals surface area contributed by atoms with Gasteiger partial charge in [-0.25, -0.2) is 4.98 Å². The second-order valence-electron chi connectivity index (χ2n) is 4.11. The molecule has 0 unspecified atom stereocenters. The van der Waals surface area contributed by atoms with E-state index >= 15 is 0 Å². The molecule has 0 atom stereocenters. The number of halogens is 1. The van der Waals surface area contributed by atoms with Gasteiger partial charge < -0.3 is 4.90 Å². The SMILES string of the molecule is CCC1CCN(c2nc(Cl)c(C=O)s2)CC1. The van der Waals surface area contributed by atoms with Crippen LogP contribution in [-0.2, 0) is 0 Å². The van der Waals surface area contributed by atoms with Gasteiger partial charge in [-0.05, 0) is 18.8 Å². The molecule has 3 nitrogen and oxygen atoms in total. The molecule has 0 spiro atoms. The molecule has 0 aliphatic carbocycles. The molecule has 16 heavy (non-hydrogen) atoms. The van der Waals surface area contributed by atoms with Gasteiger partial charge in [0.1, 0.15) is 4.88 Å². The van der Waals surface area contributed by atoms with Crippen LogP contribution in [0.25, 0.3) is 0 Å². The zero-order valence-corrected chi connectivity index (χ0v) is 10.9. The van der Waals surface area contributed by atoms with E-state index in [4.69, 9.17) is 11.6 Å². The molecule has 1 fully saturated rings. The average molecular weight is 259 g/mol. The smallest absolute Gasteiger partial charge is 0.187 e. The third-order valence-electron chi connectivity index (χ3n) is 3.17. The number of thiazole rings is 1. The van der Waals surface area contributed by atoms with Crippen molar-refractivity contribution in [1.82, 2.24) is 4.98 Å². The molecule has 2 rings (SSSR count). The summed E-state index contributed by atoms with van der Waals surface area (Å²) in [6, 6.07) is 0. The number of hydrogen-bond acceptors (Lipinski definition) is 4. The molecule has 2 heterocycles. The summed E-state index contributed by atoms with van der Waals surface area (Å²) in [5.41, 5.74) is 0. The van der Waals surface area contributed by atoms with Gasteiger partial charge in [-0.3, -0.25) is 4.79 Å². The highest BCUT2D eigenvalue weighted by Gasteiger charge is 2.21. The van der Waals surface area contributed by atoms with Crippen LogP contribution in [0.3, 0.4) is 0 Å². The van der Waals surface area contributed by atoms with Crippen LogP contribution >= 0.6 is 22.9 Å². The van der Waals surface area contributed by atoms with E-state index in [1.165, 1.54) is 30.6 Å². The van der Waals surface area contributed by atoms with Crippen LogP contribution in [0.5, 0.6) is 0 Å². The lowest BCUT2D eigenvalue weighted by atomic mass is 9.95. The summed E-state index contributed by atoms with van der Waals surface area (Å²) in [7, 11) is 0. The van der Waals surface area contributed by atoms with E-state index in [2.05, 4.69) is 16.8 Å². The highest BCUT2D eigenvalue weighted by molar-refractivity contribution is 7.17. The third kappa shape index (κ3) is 2.38. The van der Waals surface area contributed by atoms with Crippen molar-refractivity contribution in [3.63, 3.8) is 0 Å². The van der Waals surface area contributed by atoms with E-state index in [1.807, 2.05) is 0 Å². The molecule has 1 aromatic heterocycles. The molecule has 1 saturated heterocycles. The number of aromatic nitrogens is 1. The Balaban J connectivity index is 2.05. The Bertz CT molecular complexity index is 372. The standard InChI is InChI=1S/C11H15ClN2OS/c1-2-8-3-5-14(6-4-8)11-13-10(12)9(7-15)16-11/h7-8H,2-6H2,1H3. The van der Waals surface area contributed by atoms with Crippen LogP contribution in [0.1, 0.15) is 35.9 Å². The summed E-state index contributed by atoms with van der Waals surface area (Å²) in [6.45, 7) is 4.30. The first-order chi connectivity index (χ1) is 7.74. The van der Waals surface area contributed by atoms with E-state index < -0.39 is 0 Å². The van der Waals surface area contributed by atoms with Crippen LogP contribution in [-0.4, -0.2) is 24.4 Å². The largest absolute Gasteiger partial charge is 0.348 e. The van der Waals surface area contributed by atoms with E-state index in [0.29, 0.717) is 10.0 Å². The minimum atomic E-state index is 0.340. The molecular weight excluding hydrogens is 244 g/mol. The maximum Gasteiger partial charge on any atom is 0.187 e. The molecule has 1 aromatic rings. The van der Waals surface area contributed by atoms with Gasteiger partial charge in [-0.15, -0.1) is 0 Å². The molecule has 1 aliphatic heterocycles. The number of nitrogens with zero attached hydrogens (tertiary/aromatic N) is 2. The first kappa shape index (κ1) is 11.9. The van der Waals surface area contributed by atoms with Gasteiger partial charge in [0.2, 0.25) is 0 Å². The molecule has 0 amide bonds. The van der Waals surface area contributed by atoms with Gasteiger partial charge in [0.25, 0.3) is 0 Å². The first-order valence-corrected chi connectivity index (χ1v) is 6.80.